The molecule has 0 atom stereocenters. The van der Waals surface area contributed by atoms with Crippen LogP contribution < -0.4 is 4.31 Å². The molecular weight excluding hydrogens is 374 g/mol. The lowest BCUT2D eigenvalue weighted by Crippen LogP contribution is -2.35. The molecule has 0 unspecified atom stereocenters. The lowest BCUT2D eigenvalue weighted by atomic mass is 10.2. The standard InChI is InChI=1S/C21H27N3O3S/c1-22(15-16-24-13-6-7-14-24)21(25)18-9-8-12-20(17-18)28(26,27)23(2)19-10-4-3-5-11-19/h3-5,8-12,17H,6-7,13-16H2,1-2H3. The van der Waals surface area contributed by atoms with Crippen LogP contribution in [0.5, 0.6) is 0 Å². The van der Waals surface area contributed by atoms with Gasteiger partial charge in [0.2, 0.25) is 0 Å². The number of carbonyl (C=O) groups excluding carboxylic acids is 1. The molecule has 0 bridgehead atoms. The molecule has 7 heteroatoms. The van der Waals surface area contributed by atoms with Gasteiger partial charge in [-0.3, -0.25) is 9.10 Å². The molecule has 0 saturated carbocycles. The predicted octanol–water partition coefficient (Wildman–Crippen LogP) is 2.68. The molecule has 0 aromatic heterocycles. The van der Waals surface area contributed by atoms with Crippen molar-refractivity contribution in [1.29, 1.82) is 0 Å². The van der Waals surface area contributed by atoms with Crippen LogP contribution in [-0.4, -0.2) is 64.4 Å². The van der Waals surface area contributed by atoms with Crippen molar-refractivity contribution in [3.05, 3.63) is 60.2 Å². The average Bonchev–Trinajstić information content (AvgIpc) is 3.25. The third-order valence-corrected chi connectivity index (χ3v) is 6.94. The van der Waals surface area contributed by atoms with Gasteiger partial charge in [0.25, 0.3) is 15.9 Å². The monoisotopic (exact) mass is 401 g/mol. The van der Waals surface area contributed by atoms with Crippen LogP contribution >= 0.6 is 0 Å². The van der Waals surface area contributed by atoms with Gasteiger partial charge in [0.1, 0.15) is 0 Å². The zero-order valence-corrected chi connectivity index (χ0v) is 17.2. The molecule has 1 saturated heterocycles. The van der Waals surface area contributed by atoms with Gasteiger partial charge in [-0.25, -0.2) is 8.42 Å². The van der Waals surface area contributed by atoms with E-state index < -0.39 is 10.0 Å². The second kappa shape index (κ2) is 8.75. The van der Waals surface area contributed by atoms with Crippen molar-refractivity contribution in [2.75, 3.05) is 44.6 Å². The molecule has 0 spiro atoms. The maximum absolute atomic E-state index is 13.0. The topological polar surface area (TPSA) is 60.9 Å². The van der Waals surface area contributed by atoms with Crippen LogP contribution in [0.3, 0.4) is 0 Å². The number of anilines is 1. The van der Waals surface area contributed by atoms with E-state index in [4.69, 9.17) is 0 Å². The number of para-hydroxylation sites is 1. The van der Waals surface area contributed by atoms with Gasteiger partial charge in [0.15, 0.2) is 0 Å². The fraction of sp³-hybridized carbons (Fsp3) is 0.381. The molecule has 1 aliphatic heterocycles. The molecule has 28 heavy (non-hydrogen) atoms. The summed E-state index contributed by atoms with van der Waals surface area (Å²) >= 11 is 0. The highest BCUT2D eigenvalue weighted by Crippen LogP contribution is 2.22. The Labute approximate surface area is 167 Å². The minimum atomic E-state index is -3.74. The van der Waals surface area contributed by atoms with E-state index in [1.807, 2.05) is 6.07 Å². The summed E-state index contributed by atoms with van der Waals surface area (Å²) in [5, 5.41) is 0. The van der Waals surface area contributed by atoms with Crippen molar-refractivity contribution in [2.45, 2.75) is 17.7 Å². The molecule has 0 N–H and O–H groups in total. The van der Waals surface area contributed by atoms with E-state index in [9.17, 15) is 13.2 Å². The lowest BCUT2D eigenvalue weighted by molar-refractivity contribution is 0.0782. The molecule has 6 nitrogen and oxygen atoms in total. The van der Waals surface area contributed by atoms with Crippen LogP contribution in [0.25, 0.3) is 0 Å². The van der Waals surface area contributed by atoms with Crippen molar-refractivity contribution in [1.82, 2.24) is 9.80 Å². The van der Waals surface area contributed by atoms with E-state index in [1.54, 1.807) is 48.3 Å². The second-order valence-electron chi connectivity index (χ2n) is 7.11. The number of amides is 1. The fourth-order valence-corrected chi connectivity index (χ4v) is 4.59. The Hall–Kier alpha value is -2.38. The van der Waals surface area contributed by atoms with Gasteiger partial charge < -0.3 is 9.80 Å². The SMILES string of the molecule is CN(CCN1CCCC1)C(=O)c1cccc(S(=O)(=O)N(C)c2ccccc2)c1. The molecular formula is C21H27N3O3S. The maximum Gasteiger partial charge on any atom is 0.264 e. The summed E-state index contributed by atoms with van der Waals surface area (Å²) in [6, 6.07) is 15.1. The maximum atomic E-state index is 13.0. The quantitative estimate of drug-likeness (QED) is 0.716. The number of likely N-dealkylation sites (tertiary alicyclic amines) is 1. The van der Waals surface area contributed by atoms with Gasteiger partial charge in [-0.15, -0.1) is 0 Å². The van der Waals surface area contributed by atoms with Gasteiger partial charge in [-0.05, 0) is 56.3 Å². The van der Waals surface area contributed by atoms with Gasteiger partial charge >= 0.3 is 0 Å². The van der Waals surface area contributed by atoms with Crippen LogP contribution in [0, 0.1) is 0 Å². The molecule has 1 aliphatic rings. The minimum absolute atomic E-state index is 0.109. The number of likely N-dealkylation sites (N-methyl/N-ethyl adjacent to an activating group) is 1. The first kappa shape index (κ1) is 20.4. The minimum Gasteiger partial charge on any atom is -0.340 e. The summed E-state index contributed by atoms with van der Waals surface area (Å²) in [4.78, 5) is 16.9. The Kier molecular flexibility index (Phi) is 6.36. The highest BCUT2D eigenvalue weighted by molar-refractivity contribution is 7.92. The van der Waals surface area contributed by atoms with Crippen LogP contribution in [0.1, 0.15) is 23.2 Å². The number of rotatable bonds is 7. The van der Waals surface area contributed by atoms with E-state index in [2.05, 4.69) is 4.90 Å². The summed E-state index contributed by atoms with van der Waals surface area (Å²) < 4.78 is 27.2. The average molecular weight is 402 g/mol. The summed E-state index contributed by atoms with van der Waals surface area (Å²) in [5.41, 5.74) is 0.952. The van der Waals surface area contributed by atoms with Gasteiger partial charge in [-0.2, -0.15) is 0 Å². The second-order valence-corrected chi connectivity index (χ2v) is 9.08. The summed E-state index contributed by atoms with van der Waals surface area (Å²) in [5.74, 6) is -0.168. The molecule has 1 fully saturated rings. The van der Waals surface area contributed by atoms with E-state index in [-0.39, 0.29) is 10.8 Å². The zero-order valence-electron chi connectivity index (χ0n) is 16.4. The summed E-state index contributed by atoms with van der Waals surface area (Å²) in [6.07, 6.45) is 2.43. The van der Waals surface area contributed by atoms with Crippen molar-refractivity contribution in [2.24, 2.45) is 0 Å². The largest absolute Gasteiger partial charge is 0.340 e. The van der Waals surface area contributed by atoms with E-state index in [0.29, 0.717) is 17.8 Å². The van der Waals surface area contributed by atoms with Crippen LogP contribution in [-0.2, 0) is 10.0 Å². The highest BCUT2D eigenvalue weighted by Gasteiger charge is 2.23. The third kappa shape index (κ3) is 4.54. The Morgan fingerprint density at radius 3 is 2.36 bits per heavy atom. The zero-order chi connectivity index (χ0) is 20.1. The fourth-order valence-electron chi connectivity index (χ4n) is 3.34. The Morgan fingerprint density at radius 1 is 1.00 bits per heavy atom. The number of hydrogen-bond donors (Lipinski definition) is 0. The van der Waals surface area contributed by atoms with Gasteiger partial charge in [0, 0.05) is 32.7 Å². The van der Waals surface area contributed by atoms with Gasteiger partial charge in [0.05, 0.1) is 10.6 Å². The van der Waals surface area contributed by atoms with Crippen molar-refractivity contribution >= 4 is 21.6 Å². The van der Waals surface area contributed by atoms with Crippen LogP contribution in [0.2, 0.25) is 0 Å². The first-order chi connectivity index (χ1) is 13.4. The molecule has 2 aromatic carbocycles. The molecule has 3 rings (SSSR count). The van der Waals surface area contributed by atoms with E-state index in [1.165, 1.54) is 36.3 Å². The summed E-state index contributed by atoms with van der Waals surface area (Å²) in [6.45, 7) is 3.64. The molecule has 1 heterocycles. The number of carbonyl (C=O) groups is 1. The van der Waals surface area contributed by atoms with Gasteiger partial charge in [-0.1, -0.05) is 24.3 Å². The molecule has 1 amide bonds. The predicted molar refractivity (Wildman–Crippen MR) is 111 cm³/mol. The molecule has 150 valence electrons. The molecule has 0 aliphatic carbocycles. The Morgan fingerprint density at radius 2 is 1.68 bits per heavy atom. The van der Waals surface area contributed by atoms with E-state index >= 15 is 0 Å². The first-order valence-corrected chi connectivity index (χ1v) is 11.0. The Bertz CT molecular complexity index is 910. The summed E-state index contributed by atoms with van der Waals surface area (Å²) in [7, 11) is -0.470. The molecule has 2 aromatic rings. The lowest BCUT2D eigenvalue weighted by Gasteiger charge is -2.22. The number of benzene rings is 2. The third-order valence-electron chi connectivity index (χ3n) is 5.16. The van der Waals surface area contributed by atoms with Crippen LogP contribution in [0.4, 0.5) is 5.69 Å². The van der Waals surface area contributed by atoms with Crippen molar-refractivity contribution < 1.29 is 13.2 Å². The molecule has 0 radical (unpaired) electrons. The first-order valence-electron chi connectivity index (χ1n) is 9.51. The Balaban J connectivity index is 1.74. The number of nitrogens with zero attached hydrogens (tertiary/aromatic N) is 3. The van der Waals surface area contributed by atoms with Crippen LogP contribution in [0.15, 0.2) is 59.5 Å². The highest BCUT2D eigenvalue weighted by atomic mass is 32.2. The van der Waals surface area contributed by atoms with E-state index in [0.717, 1.165) is 19.6 Å². The van der Waals surface area contributed by atoms with Crippen molar-refractivity contribution in [3.8, 4) is 0 Å². The smallest absolute Gasteiger partial charge is 0.264 e. The van der Waals surface area contributed by atoms with Crippen molar-refractivity contribution in [3.63, 3.8) is 0 Å². The normalized spacial score (nSPS) is 14.8. The number of hydrogen-bond acceptors (Lipinski definition) is 4. The number of sulfonamides is 1.